The maximum absolute atomic E-state index is 10.8. The Labute approximate surface area is 112 Å². The number of hydrogen-bond donors (Lipinski definition) is 0. The van der Waals surface area contributed by atoms with Crippen LogP contribution in [0.5, 0.6) is 5.75 Å². The molecule has 0 bridgehead atoms. The van der Waals surface area contributed by atoms with E-state index in [0.29, 0.717) is 12.2 Å². The van der Waals surface area contributed by atoms with Crippen LogP contribution in [0.2, 0.25) is 0 Å². The molecule has 88 valence electrons. The van der Waals surface area contributed by atoms with Gasteiger partial charge in [-0.05, 0) is 29.6 Å². The minimum atomic E-state index is 0.610. The van der Waals surface area contributed by atoms with Gasteiger partial charge in [0.05, 0.1) is 6.61 Å². The maximum atomic E-state index is 10.8. The number of thiophene rings is 1. The lowest BCUT2D eigenvalue weighted by molar-refractivity contribution is 0.112. The molecule has 0 spiro atoms. The summed E-state index contributed by atoms with van der Waals surface area (Å²) in [5, 5.41) is 2.06. The number of benzene rings is 1. The van der Waals surface area contributed by atoms with Gasteiger partial charge in [0.2, 0.25) is 0 Å². The average Bonchev–Trinajstić information content (AvgIpc) is 2.84. The Hall–Kier alpha value is -1.13. The van der Waals surface area contributed by atoms with Crippen molar-refractivity contribution in [2.75, 3.05) is 6.61 Å². The molecule has 0 radical (unpaired) electrons. The van der Waals surface area contributed by atoms with Gasteiger partial charge >= 0.3 is 0 Å². The molecule has 0 aliphatic rings. The molecule has 1 aromatic carbocycles. The first-order valence-electron chi connectivity index (χ1n) is 5.19. The second kappa shape index (κ2) is 5.98. The lowest BCUT2D eigenvalue weighted by Gasteiger charge is -2.06. The molecule has 17 heavy (non-hydrogen) atoms. The van der Waals surface area contributed by atoms with Gasteiger partial charge in [-0.2, -0.15) is 0 Å². The number of carbonyl (C=O) groups is 1. The fraction of sp³-hybridized carbons (Fsp3) is 0.154. The number of aldehydes is 1. The molecule has 0 unspecified atom stereocenters. The van der Waals surface area contributed by atoms with Gasteiger partial charge in [-0.15, -0.1) is 11.3 Å². The molecule has 0 N–H and O–H groups in total. The van der Waals surface area contributed by atoms with E-state index < -0.39 is 0 Å². The number of hydrogen-bond acceptors (Lipinski definition) is 3. The molecular formula is C13H11BrO2S. The van der Waals surface area contributed by atoms with E-state index >= 15 is 0 Å². The normalized spacial score (nSPS) is 10.2. The van der Waals surface area contributed by atoms with Crippen molar-refractivity contribution in [1.82, 2.24) is 0 Å². The molecule has 0 amide bonds. The molecular weight excluding hydrogens is 300 g/mol. The second-order valence-corrected chi connectivity index (χ2v) is 5.37. The SMILES string of the molecule is O=Cc1cc(OCCc2cccs2)ccc1Br. The van der Waals surface area contributed by atoms with Gasteiger partial charge in [0.15, 0.2) is 6.29 Å². The van der Waals surface area contributed by atoms with Crippen LogP contribution in [-0.2, 0) is 6.42 Å². The zero-order valence-corrected chi connectivity index (χ0v) is 11.5. The fourth-order valence-corrected chi connectivity index (χ4v) is 2.46. The Bertz CT molecular complexity index is 494. The quantitative estimate of drug-likeness (QED) is 0.782. The molecule has 0 aliphatic carbocycles. The highest BCUT2D eigenvalue weighted by Crippen LogP contribution is 2.21. The van der Waals surface area contributed by atoms with Crippen LogP contribution in [0.4, 0.5) is 0 Å². The Balaban J connectivity index is 1.93. The van der Waals surface area contributed by atoms with Gasteiger partial charge in [0, 0.05) is 21.3 Å². The van der Waals surface area contributed by atoms with Crippen LogP contribution in [0.25, 0.3) is 0 Å². The number of halogens is 1. The number of ether oxygens (including phenoxy) is 1. The third-order valence-corrected chi connectivity index (χ3v) is 3.95. The molecule has 1 heterocycles. The van der Waals surface area contributed by atoms with Crippen molar-refractivity contribution in [3.63, 3.8) is 0 Å². The van der Waals surface area contributed by atoms with Gasteiger partial charge in [-0.1, -0.05) is 22.0 Å². The molecule has 2 aromatic rings. The lowest BCUT2D eigenvalue weighted by Crippen LogP contribution is -2.00. The molecule has 0 fully saturated rings. The van der Waals surface area contributed by atoms with Crippen molar-refractivity contribution in [2.45, 2.75) is 6.42 Å². The van der Waals surface area contributed by atoms with Crippen LogP contribution in [0, 0.1) is 0 Å². The zero-order chi connectivity index (χ0) is 12.1. The van der Waals surface area contributed by atoms with Crippen LogP contribution in [-0.4, -0.2) is 12.9 Å². The van der Waals surface area contributed by atoms with Gasteiger partial charge in [0.25, 0.3) is 0 Å². The van der Waals surface area contributed by atoms with Gasteiger partial charge in [-0.25, -0.2) is 0 Å². The maximum Gasteiger partial charge on any atom is 0.151 e. The highest BCUT2D eigenvalue weighted by Gasteiger charge is 2.01. The largest absolute Gasteiger partial charge is 0.493 e. The van der Waals surface area contributed by atoms with Gasteiger partial charge < -0.3 is 4.74 Å². The molecule has 0 saturated carbocycles. The molecule has 2 nitrogen and oxygen atoms in total. The smallest absolute Gasteiger partial charge is 0.151 e. The third-order valence-electron chi connectivity index (χ3n) is 2.29. The Morgan fingerprint density at radius 3 is 2.94 bits per heavy atom. The molecule has 0 aliphatic heterocycles. The lowest BCUT2D eigenvalue weighted by atomic mass is 10.2. The van der Waals surface area contributed by atoms with Crippen LogP contribution >= 0.6 is 27.3 Å². The highest BCUT2D eigenvalue weighted by molar-refractivity contribution is 9.10. The fourth-order valence-electron chi connectivity index (χ4n) is 1.43. The molecule has 0 saturated heterocycles. The van der Waals surface area contributed by atoms with Crippen LogP contribution in [0.1, 0.15) is 15.2 Å². The van der Waals surface area contributed by atoms with E-state index in [9.17, 15) is 4.79 Å². The highest BCUT2D eigenvalue weighted by atomic mass is 79.9. The summed E-state index contributed by atoms with van der Waals surface area (Å²) < 4.78 is 6.39. The summed E-state index contributed by atoms with van der Waals surface area (Å²) in [6.07, 6.45) is 1.71. The van der Waals surface area contributed by atoms with Crippen LogP contribution in [0.3, 0.4) is 0 Å². The number of carbonyl (C=O) groups excluding carboxylic acids is 1. The van der Waals surface area contributed by atoms with E-state index in [0.717, 1.165) is 22.9 Å². The van der Waals surface area contributed by atoms with Gasteiger partial charge in [-0.3, -0.25) is 4.79 Å². The van der Waals surface area contributed by atoms with Crippen molar-refractivity contribution in [3.05, 3.63) is 50.6 Å². The summed E-state index contributed by atoms with van der Waals surface area (Å²) in [4.78, 5) is 12.1. The predicted octanol–water partition coefficient (Wildman–Crippen LogP) is 3.94. The van der Waals surface area contributed by atoms with Crippen LogP contribution in [0.15, 0.2) is 40.2 Å². The summed E-state index contributed by atoms with van der Waals surface area (Å²) in [6.45, 7) is 0.625. The first-order chi connectivity index (χ1) is 8.29. The summed E-state index contributed by atoms with van der Waals surface area (Å²) in [5.41, 5.74) is 0.610. The third kappa shape index (κ3) is 3.41. The standard InChI is InChI=1S/C13H11BrO2S/c14-13-4-3-11(8-10(13)9-15)16-6-5-12-2-1-7-17-12/h1-4,7-9H,5-6H2. The molecule has 0 atom stereocenters. The van der Waals surface area contributed by atoms with E-state index in [1.807, 2.05) is 18.2 Å². The van der Waals surface area contributed by atoms with Crippen molar-refractivity contribution >= 4 is 33.6 Å². The predicted molar refractivity (Wildman–Crippen MR) is 73.0 cm³/mol. The molecule has 1 aromatic heterocycles. The minimum absolute atomic E-state index is 0.610. The number of rotatable bonds is 5. The summed E-state index contributed by atoms with van der Waals surface area (Å²) in [7, 11) is 0. The summed E-state index contributed by atoms with van der Waals surface area (Å²) in [5.74, 6) is 0.729. The Morgan fingerprint density at radius 1 is 1.35 bits per heavy atom. The Kier molecular flexibility index (Phi) is 4.34. The first kappa shape index (κ1) is 12.3. The second-order valence-electron chi connectivity index (χ2n) is 3.48. The van der Waals surface area contributed by atoms with Gasteiger partial charge in [0.1, 0.15) is 5.75 Å². The summed E-state index contributed by atoms with van der Waals surface area (Å²) >= 11 is 5.03. The van der Waals surface area contributed by atoms with Crippen molar-refractivity contribution in [1.29, 1.82) is 0 Å². The van der Waals surface area contributed by atoms with Crippen molar-refractivity contribution in [2.24, 2.45) is 0 Å². The monoisotopic (exact) mass is 310 g/mol. The van der Waals surface area contributed by atoms with Crippen molar-refractivity contribution in [3.8, 4) is 5.75 Å². The first-order valence-corrected chi connectivity index (χ1v) is 6.87. The van der Waals surface area contributed by atoms with E-state index in [4.69, 9.17) is 4.74 Å². The van der Waals surface area contributed by atoms with E-state index in [2.05, 4.69) is 27.4 Å². The summed E-state index contributed by atoms with van der Waals surface area (Å²) in [6, 6.07) is 9.54. The molecule has 2 rings (SSSR count). The molecule has 4 heteroatoms. The van der Waals surface area contributed by atoms with E-state index in [-0.39, 0.29) is 0 Å². The topological polar surface area (TPSA) is 26.3 Å². The zero-order valence-electron chi connectivity index (χ0n) is 9.06. The van der Waals surface area contributed by atoms with Crippen LogP contribution < -0.4 is 4.74 Å². The minimum Gasteiger partial charge on any atom is -0.493 e. The van der Waals surface area contributed by atoms with E-state index in [1.54, 1.807) is 17.4 Å². The average molecular weight is 311 g/mol. The Morgan fingerprint density at radius 2 is 2.24 bits per heavy atom. The van der Waals surface area contributed by atoms with E-state index in [1.165, 1.54) is 4.88 Å². The van der Waals surface area contributed by atoms with Crippen molar-refractivity contribution < 1.29 is 9.53 Å².